The van der Waals surface area contributed by atoms with Gasteiger partial charge in [-0.15, -0.1) is 0 Å². The van der Waals surface area contributed by atoms with Crippen LogP contribution in [0.4, 0.5) is 0 Å². The van der Waals surface area contributed by atoms with Crippen molar-refractivity contribution >= 4 is 11.9 Å². The quantitative estimate of drug-likeness (QED) is 0.691. The number of carbonyl (C=O) groups excluding carboxylic acids is 2. The number of nitrogens with zero attached hydrogens (tertiary/aromatic N) is 2. The second-order valence-corrected chi connectivity index (χ2v) is 7.64. The van der Waals surface area contributed by atoms with Gasteiger partial charge in [-0.25, -0.2) is 4.79 Å². The topological polar surface area (TPSA) is 49.9 Å². The molecular formula is C22H32N2O3. The highest BCUT2D eigenvalue weighted by atomic mass is 16.5. The summed E-state index contributed by atoms with van der Waals surface area (Å²) in [5.74, 6) is -0.160. The predicted octanol–water partition coefficient (Wildman–Crippen LogP) is 3.03. The zero-order chi connectivity index (χ0) is 19.1. The molecule has 0 aliphatic carbocycles. The minimum atomic E-state index is -0.392. The normalized spacial score (nSPS) is 23.4. The number of esters is 1. The molecule has 0 saturated carbocycles. The Labute approximate surface area is 162 Å². The molecule has 148 valence electrons. The molecule has 0 unspecified atom stereocenters. The second-order valence-electron chi connectivity index (χ2n) is 7.64. The summed E-state index contributed by atoms with van der Waals surface area (Å²) in [7, 11) is 0. The number of likely N-dealkylation sites (tertiary alicyclic amines) is 2. The Balaban J connectivity index is 1.55. The van der Waals surface area contributed by atoms with E-state index >= 15 is 0 Å². The maximum Gasteiger partial charge on any atom is 0.328 e. The Morgan fingerprint density at radius 1 is 1.07 bits per heavy atom. The summed E-state index contributed by atoms with van der Waals surface area (Å²) in [6.45, 7) is 4.25. The molecule has 2 aliphatic heterocycles. The fraction of sp³-hybridized carbons (Fsp3) is 0.636. The van der Waals surface area contributed by atoms with Crippen molar-refractivity contribution in [3.8, 4) is 0 Å². The number of carbonyl (C=O) groups is 2. The molecular weight excluding hydrogens is 340 g/mol. The van der Waals surface area contributed by atoms with Crippen molar-refractivity contribution in [2.75, 3.05) is 26.2 Å². The lowest BCUT2D eigenvalue weighted by atomic mass is 10.0. The smallest absolute Gasteiger partial charge is 0.328 e. The number of hydrogen-bond acceptors (Lipinski definition) is 4. The molecule has 2 atom stereocenters. The van der Waals surface area contributed by atoms with Crippen LogP contribution >= 0.6 is 0 Å². The molecule has 2 aliphatic rings. The first kappa shape index (κ1) is 19.9. The molecule has 2 saturated heterocycles. The van der Waals surface area contributed by atoms with Crippen LogP contribution in [0.25, 0.3) is 0 Å². The van der Waals surface area contributed by atoms with Crippen LogP contribution in [-0.2, 0) is 20.7 Å². The van der Waals surface area contributed by atoms with E-state index in [1.54, 1.807) is 4.90 Å². The van der Waals surface area contributed by atoms with Gasteiger partial charge in [-0.2, -0.15) is 0 Å². The van der Waals surface area contributed by atoms with E-state index in [0.29, 0.717) is 25.7 Å². The van der Waals surface area contributed by atoms with Crippen molar-refractivity contribution in [2.45, 2.75) is 64.0 Å². The summed E-state index contributed by atoms with van der Waals surface area (Å²) in [5.41, 5.74) is 1.36. The van der Waals surface area contributed by atoms with Gasteiger partial charge in [0.25, 0.3) is 0 Å². The Morgan fingerprint density at radius 3 is 2.67 bits per heavy atom. The van der Waals surface area contributed by atoms with Crippen LogP contribution < -0.4 is 0 Å². The molecule has 0 bridgehead atoms. The van der Waals surface area contributed by atoms with Crippen molar-refractivity contribution < 1.29 is 14.3 Å². The van der Waals surface area contributed by atoms with Crippen LogP contribution in [-0.4, -0.2) is 60.0 Å². The molecule has 3 rings (SSSR count). The van der Waals surface area contributed by atoms with E-state index in [0.717, 1.165) is 51.5 Å². The maximum absolute atomic E-state index is 13.0. The minimum absolute atomic E-state index is 0.0827. The van der Waals surface area contributed by atoms with Gasteiger partial charge in [-0.05, 0) is 64.0 Å². The molecule has 0 N–H and O–H groups in total. The summed E-state index contributed by atoms with van der Waals surface area (Å²) in [5, 5.41) is 0. The molecule has 0 spiro atoms. The van der Waals surface area contributed by atoms with Crippen LogP contribution in [0.5, 0.6) is 0 Å². The molecule has 5 heteroatoms. The Hall–Kier alpha value is -1.88. The predicted molar refractivity (Wildman–Crippen MR) is 105 cm³/mol. The molecule has 1 amide bonds. The summed E-state index contributed by atoms with van der Waals surface area (Å²) >= 11 is 0. The van der Waals surface area contributed by atoms with Gasteiger partial charge in [0, 0.05) is 12.6 Å². The van der Waals surface area contributed by atoms with Crippen molar-refractivity contribution in [1.29, 1.82) is 0 Å². The highest BCUT2D eigenvalue weighted by Crippen LogP contribution is 2.24. The van der Waals surface area contributed by atoms with Crippen molar-refractivity contribution in [3.63, 3.8) is 0 Å². The number of aryl methyl sites for hydroxylation is 1. The standard InChI is InChI=1S/C22H32N2O3/c1-2-27-22(26)20-12-6-7-16-24(20)21(25)17-23-15-8-11-19(23)14-13-18-9-4-3-5-10-18/h3-5,9-10,19-20H,2,6-8,11-17H2,1H3/t19-,20+/m1/s1. The lowest BCUT2D eigenvalue weighted by molar-refractivity contribution is -0.157. The van der Waals surface area contributed by atoms with E-state index in [2.05, 4.69) is 29.2 Å². The molecule has 27 heavy (non-hydrogen) atoms. The van der Waals surface area contributed by atoms with Gasteiger partial charge in [0.2, 0.25) is 5.91 Å². The van der Waals surface area contributed by atoms with Gasteiger partial charge in [-0.1, -0.05) is 30.3 Å². The molecule has 0 aromatic heterocycles. The third kappa shape index (κ3) is 5.32. The molecule has 5 nitrogen and oxygen atoms in total. The number of benzene rings is 1. The van der Waals surface area contributed by atoms with Gasteiger partial charge < -0.3 is 9.64 Å². The van der Waals surface area contributed by atoms with Crippen LogP contribution in [0, 0.1) is 0 Å². The third-order valence-corrected chi connectivity index (χ3v) is 5.83. The van der Waals surface area contributed by atoms with Gasteiger partial charge in [0.05, 0.1) is 13.2 Å². The largest absolute Gasteiger partial charge is 0.464 e. The fourth-order valence-corrected chi connectivity index (χ4v) is 4.39. The van der Waals surface area contributed by atoms with E-state index in [1.165, 1.54) is 5.56 Å². The molecule has 1 aromatic carbocycles. The summed E-state index contributed by atoms with van der Waals surface area (Å²) < 4.78 is 5.19. The van der Waals surface area contributed by atoms with Crippen LogP contribution in [0.2, 0.25) is 0 Å². The number of amides is 1. The Morgan fingerprint density at radius 2 is 1.89 bits per heavy atom. The monoisotopic (exact) mass is 372 g/mol. The van der Waals surface area contributed by atoms with E-state index in [9.17, 15) is 9.59 Å². The van der Waals surface area contributed by atoms with Crippen LogP contribution in [0.1, 0.15) is 51.0 Å². The minimum Gasteiger partial charge on any atom is -0.464 e. The van der Waals surface area contributed by atoms with Crippen molar-refractivity contribution in [2.24, 2.45) is 0 Å². The number of ether oxygens (including phenoxy) is 1. The van der Waals surface area contributed by atoms with E-state index < -0.39 is 6.04 Å². The number of piperidine rings is 1. The van der Waals surface area contributed by atoms with Crippen molar-refractivity contribution in [3.05, 3.63) is 35.9 Å². The third-order valence-electron chi connectivity index (χ3n) is 5.83. The molecule has 2 heterocycles. The maximum atomic E-state index is 13.0. The summed E-state index contributed by atoms with van der Waals surface area (Å²) in [4.78, 5) is 29.3. The highest BCUT2D eigenvalue weighted by Gasteiger charge is 2.35. The fourth-order valence-electron chi connectivity index (χ4n) is 4.39. The van der Waals surface area contributed by atoms with E-state index in [1.807, 2.05) is 13.0 Å². The summed E-state index contributed by atoms with van der Waals surface area (Å²) in [6, 6.07) is 10.6. The first-order valence-electron chi connectivity index (χ1n) is 10.4. The Bertz CT molecular complexity index is 619. The van der Waals surface area contributed by atoms with Gasteiger partial charge in [0.1, 0.15) is 6.04 Å². The van der Waals surface area contributed by atoms with E-state index in [-0.39, 0.29) is 11.9 Å². The molecule has 0 radical (unpaired) electrons. The first-order valence-corrected chi connectivity index (χ1v) is 10.4. The van der Waals surface area contributed by atoms with Crippen LogP contribution in [0.3, 0.4) is 0 Å². The second kappa shape index (κ2) is 9.88. The Kier molecular flexibility index (Phi) is 7.27. The average Bonchev–Trinajstić information content (AvgIpc) is 3.14. The molecule has 2 fully saturated rings. The summed E-state index contributed by atoms with van der Waals surface area (Å²) in [6.07, 6.45) is 7.11. The van der Waals surface area contributed by atoms with Crippen molar-refractivity contribution in [1.82, 2.24) is 9.80 Å². The first-order chi connectivity index (χ1) is 13.2. The number of rotatable bonds is 7. The van der Waals surface area contributed by atoms with Gasteiger partial charge >= 0.3 is 5.97 Å². The number of hydrogen-bond donors (Lipinski definition) is 0. The lowest BCUT2D eigenvalue weighted by Gasteiger charge is -2.36. The zero-order valence-corrected chi connectivity index (χ0v) is 16.4. The lowest BCUT2D eigenvalue weighted by Crippen LogP contribution is -2.52. The van der Waals surface area contributed by atoms with Gasteiger partial charge in [-0.3, -0.25) is 9.69 Å². The van der Waals surface area contributed by atoms with E-state index in [4.69, 9.17) is 4.74 Å². The highest BCUT2D eigenvalue weighted by molar-refractivity contribution is 5.85. The van der Waals surface area contributed by atoms with Crippen LogP contribution in [0.15, 0.2) is 30.3 Å². The van der Waals surface area contributed by atoms with Gasteiger partial charge in [0.15, 0.2) is 0 Å². The SMILES string of the molecule is CCOC(=O)[C@@H]1CCCCN1C(=O)CN1CCC[C@@H]1CCc1ccccc1. The molecule has 1 aromatic rings. The average molecular weight is 373 g/mol. The zero-order valence-electron chi connectivity index (χ0n) is 16.4.